The molecule has 0 spiro atoms. The first-order valence-electron chi connectivity index (χ1n) is 9.31. The average Bonchev–Trinajstić information content (AvgIpc) is 2.56. The number of hydrogen-bond acceptors (Lipinski definition) is 4. The van der Waals surface area contributed by atoms with E-state index in [1.54, 1.807) is 0 Å². The molecule has 0 saturated carbocycles. The van der Waals surface area contributed by atoms with E-state index in [1.165, 1.54) is 25.7 Å². The van der Waals surface area contributed by atoms with Crippen molar-refractivity contribution >= 4 is 5.91 Å². The summed E-state index contributed by atoms with van der Waals surface area (Å²) in [6.07, 6.45) is 9.45. The van der Waals surface area contributed by atoms with Crippen LogP contribution in [0.1, 0.15) is 65.2 Å². The van der Waals surface area contributed by atoms with Crippen LogP contribution in [0.4, 0.5) is 0 Å². The van der Waals surface area contributed by atoms with Gasteiger partial charge in [-0.1, -0.05) is 32.6 Å². The van der Waals surface area contributed by atoms with Gasteiger partial charge in [0.05, 0.1) is 13.2 Å². The van der Waals surface area contributed by atoms with Crippen LogP contribution in [0.5, 0.6) is 0 Å². The molecule has 5 nitrogen and oxygen atoms in total. The van der Waals surface area contributed by atoms with Gasteiger partial charge >= 0.3 is 0 Å². The Balaban J connectivity index is 3.04. The predicted molar refractivity (Wildman–Crippen MR) is 93.8 cm³/mol. The van der Waals surface area contributed by atoms with Gasteiger partial charge in [0.1, 0.15) is 6.61 Å². The molecule has 0 aliphatic rings. The Morgan fingerprint density at radius 2 is 1.35 bits per heavy atom. The number of unbranched alkanes of at least 4 members (excludes halogenated alkanes) is 6. The van der Waals surface area contributed by atoms with Crippen LogP contribution >= 0.6 is 0 Å². The first kappa shape index (κ1) is 22.4. The fraction of sp³-hybridized carbons (Fsp3) is 0.944. The molecule has 1 amide bonds. The molecule has 0 aromatic rings. The van der Waals surface area contributed by atoms with Gasteiger partial charge in [0.2, 0.25) is 5.91 Å². The third-order valence-corrected chi connectivity index (χ3v) is 3.49. The van der Waals surface area contributed by atoms with E-state index in [0.29, 0.717) is 26.4 Å². The van der Waals surface area contributed by atoms with Crippen LogP contribution in [0.2, 0.25) is 0 Å². The lowest BCUT2D eigenvalue weighted by atomic mass is 10.2. The number of carbonyl (C=O) groups is 1. The van der Waals surface area contributed by atoms with Crippen LogP contribution in [0.3, 0.4) is 0 Å². The molecule has 0 fully saturated rings. The second kappa shape index (κ2) is 19.4. The van der Waals surface area contributed by atoms with Crippen molar-refractivity contribution in [3.05, 3.63) is 0 Å². The minimum absolute atomic E-state index is 0.0325. The number of rotatable bonds is 18. The quantitative estimate of drug-likeness (QED) is 0.392. The SMILES string of the molecule is CCCCCCCOCCOCCCCCNC(=O)COCC. The summed E-state index contributed by atoms with van der Waals surface area (Å²) in [5.41, 5.74) is 0. The molecule has 0 aliphatic carbocycles. The molecule has 0 saturated heterocycles. The van der Waals surface area contributed by atoms with Gasteiger partial charge in [0.25, 0.3) is 0 Å². The largest absolute Gasteiger partial charge is 0.379 e. The maximum atomic E-state index is 11.3. The fourth-order valence-electron chi connectivity index (χ4n) is 2.11. The van der Waals surface area contributed by atoms with E-state index in [4.69, 9.17) is 14.2 Å². The topological polar surface area (TPSA) is 56.8 Å². The number of carbonyl (C=O) groups excluding carboxylic acids is 1. The molecule has 0 radical (unpaired) electrons. The van der Waals surface area contributed by atoms with Gasteiger partial charge in [0.15, 0.2) is 0 Å². The highest BCUT2D eigenvalue weighted by atomic mass is 16.5. The van der Waals surface area contributed by atoms with Gasteiger partial charge in [-0.3, -0.25) is 4.79 Å². The van der Waals surface area contributed by atoms with E-state index < -0.39 is 0 Å². The van der Waals surface area contributed by atoms with Crippen molar-refractivity contribution in [3.63, 3.8) is 0 Å². The lowest BCUT2D eigenvalue weighted by Gasteiger charge is -2.07. The van der Waals surface area contributed by atoms with Gasteiger partial charge in [-0.2, -0.15) is 0 Å². The van der Waals surface area contributed by atoms with Gasteiger partial charge in [0, 0.05) is 26.4 Å². The second-order valence-corrected chi connectivity index (χ2v) is 5.69. The minimum Gasteiger partial charge on any atom is -0.379 e. The van der Waals surface area contributed by atoms with Gasteiger partial charge in [-0.05, 0) is 32.6 Å². The van der Waals surface area contributed by atoms with Crippen LogP contribution in [0.15, 0.2) is 0 Å². The van der Waals surface area contributed by atoms with Crippen LogP contribution in [-0.4, -0.2) is 52.1 Å². The maximum absolute atomic E-state index is 11.3. The first-order valence-corrected chi connectivity index (χ1v) is 9.31. The molecule has 0 atom stereocenters. The molecule has 138 valence electrons. The van der Waals surface area contributed by atoms with Crippen LogP contribution in [0, 0.1) is 0 Å². The number of ether oxygens (including phenoxy) is 3. The molecule has 1 N–H and O–H groups in total. The molecule has 0 aromatic heterocycles. The van der Waals surface area contributed by atoms with Crippen molar-refractivity contribution in [2.45, 2.75) is 65.2 Å². The second-order valence-electron chi connectivity index (χ2n) is 5.69. The van der Waals surface area contributed by atoms with Crippen molar-refractivity contribution in [2.75, 3.05) is 46.2 Å². The Labute approximate surface area is 142 Å². The van der Waals surface area contributed by atoms with E-state index in [2.05, 4.69) is 12.2 Å². The molecule has 0 aliphatic heterocycles. The highest BCUT2D eigenvalue weighted by Gasteiger charge is 1.99. The van der Waals surface area contributed by atoms with Crippen molar-refractivity contribution in [1.82, 2.24) is 5.32 Å². The minimum atomic E-state index is -0.0325. The van der Waals surface area contributed by atoms with Crippen LogP contribution in [-0.2, 0) is 19.0 Å². The van der Waals surface area contributed by atoms with E-state index in [-0.39, 0.29) is 12.5 Å². The van der Waals surface area contributed by atoms with Gasteiger partial charge in [-0.15, -0.1) is 0 Å². The highest BCUT2D eigenvalue weighted by Crippen LogP contribution is 2.02. The normalized spacial score (nSPS) is 10.9. The molecular formula is C18H37NO4. The third-order valence-electron chi connectivity index (χ3n) is 3.49. The van der Waals surface area contributed by atoms with Crippen LogP contribution in [0.25, 0.3) is 0 Å². The van der Waals surface area contributed by atoms with Gasteiger partial charge < -0.3 is 19.5 Å². The Hall–Kier alpha value is -0.650. The van der Waals surface area contributed by atoms with E-state index in [0.717, 1.165) is 38.9 Å². The smallest absolute Gasteiger partial charge is 0.245 e. The zero-order valence-electron chi connectivity index (χ0n) is 15.2. The summed E-state index contributed by atoms with van der Waals surface area (Å²) in [4.78, 5) is 11.3. The van der Waals surface area contributed by atoms with E-state index >= 15 is 0 Å². The fourth-order valence-corrected chi connectivity index (χ4v) is 2.11. The summed E-state index contributed by atoms with van der Waals surface area (Å²) in [6.45, 7) is 8.57. The average molecular weight is 331 g/mol. The Bertz CT molecular complexity index is 249. The van der Waals surface area contributed by atoms with Crippen molar-refractivity contribution in [2.24, 2.45) is 0 Å². The van der Waals surface area contributed by atoms with Crippen LogP contribution < -0.4 is 5.32 Å². The van der Waals surface area contributed by atoms with E-state index in [1.807, 2.05) is 6.92 Å². The summed E-state index contributed by atoms with van der Waals surface area (Å²) in [5.74, 6) is -0.0325. The number of amides is 1. The predicted octanol–water partition coefficient (Wildman–Crippen LogP) is 3.31. The molecule has 0 aromatic carbocycles. The molecule has 0 rings (SSSR count). The Kier molecular flexibility index (Phi) is 18.8. The molecule has 23 heavy (non-hydrogen) atoms. The van der Waals surface area contributed by atoms with E-state index in [9.17, 15) is 4.79 Å². The number of nitrogens with one attached hydrogen (secondary N) is 1. The lowest BCUT2D eigenvalue weighted by molar-refractivity contribution is -0.125. The van der Waals surface area contributed by atoms with Gasteiger partial charge in [-0.25, -0.2) is 0 Å². The van der Waals surface area contributed by atoms with Crippen molar-refractivity contribution < 1.29 is 19.0 Å². The monoisotopic (exact) mass is 331 g/mol. The molecule has 0 unspecified atom stereocenters. The molecule has 0 bridgehead atoms. The Morgan fingerprint density at radius 1 is 0.739 bits per heavy atom. The summed E-state index contributed by atoms with van der Waals surface area (Å²) in [7, 11) is 0. The summed E-state index contributed by atoms with van der Waals surface area (Å²) >= 11 is 0. The summed E-state index contributed by atoms with van der Waals surface area (Å²) in [6, 6.07) is 0. The zero-order chi connectivity index (χ0) is 17.0. The molecule has 0 heterocycles. The number of hydrogen-bond donors (Lipinski definition) is 1. The van der Waals surface area contributed by atoms with Crippen molar-refractivity contribution in [1.29, 1.82) is 0 Å². The maximum Gasteiger partial charge on any atom is 0.245 e. The first-order chi connectivity index (χ1) is 11.3. The lowest BCUT2D eigenvalue weighted by Crippen LogP contribution is -2.28. The highest BCUT2D eigenvalue weighted by molar-refractivity contribution is 5.77. The Morgan fingerprint density at radius 3 is 1.96 bits per heavy atom. The summed E-state index contributed by atoms with van der Waals surface area (Å²) in [5, 5.41) is 2.84. The molecular weight excluding hydrogens is 294 g/mol. The third kappa shape index (κ3) is 19.3. The van der Waals surface area contributed by atoms with Crippen molar-refractivity contribution in [3.8, 4) is 0 Å². The molecule has 5 heteroatoms. The summed E-state index contributed by atoms with van der Waals surface area (Å²) < 4.78 is 16.1. The standard InChI is InChI=1S/C18H37NO4/c1-3-5-6-7-10-13-22-15-16-23-14-11-8-9-12-19-18(20)17-21-4-2/h3-17H2,1-2H3,(H,19,20). The zero-order valence-corrected chi connectivity index (χ0v) is 15.2.